The Morgan fingerprint density at radius 2 is 1.94 bits per heavy atom. The van der Waals surface area contributed by atoms with Crippen molar-refractivity contribution in [2.24, 2.45) is 10.2 Å². The number of methoxy groups -OCH3 is 1. The predicted molar refractivity (Wildman–Crippen MR) is 122 cm³/mol. The van der Waals surface area contributed by atoms with Crippen molar-refractivity contribution in [1.29, 1.82) is 5.26 Å². The first-order chi connectivity index (χ1) is 15.5. The maximum absolute atomic E-state index is 12.9. The molecule has 32 heavy (non-hydrogen) atoms. The Labute approximate surface area is 187 Å². The van der Waals surface area contributed by atoms with Crippen molar-refractivity contribution in [3.63, 3.8) is 0 Å². The Bertz CT molecular complexity index is 1390. The zero-order valence-corrected chi connectivity index (χ0v) is 18.0. The molecule has 0 aliphatic carbocycles. The maximum Gasteiger partial charge on any atom is 0.259 e. The standard InChI is InChI=1S/C23H17N5O3S/c1-13-19(12-24)32-23(25-13)28-27-20-17-6-4-3-5-14(17)11-18(21(20)29)22(30)26-15-7-9-16(31-2)10-8-15/h3-11,29H,1-2H3,(H,26,30). The molecule has 2 N–H and O–H groups in total. The number of ether oxygens (including phenoxy) is 1. The number of nitrogens with one attached hydrogen (secondary N) is 1. The number of nitrogens with zero attached hydrogens (tertiary/aromatic N) is 4. The van der Waals surface area contributed by atoms with Crippen LogP contribution in [-0.2, 0) is 0 Å². The molecule has 0 saturated heterocycles. The van der Waals surface area contributed by atoms with Crippen LogP contribution in [0.4, 0.5) is 16.5 Å². The third-order valence-corrected chi connectivity index (χ3v) is 5.66. The highest BCUT2D eigenvalue weighted by Gasteiger charge is 2.19. The molecule has 0 atom stereocenters. The molecule has 4 aromatic rings. The molecule has 0 unspecified atom stereocenters. The van der Waals surface area contributed by atoms with Crippen LogP contribution >= 0.6 is 11.3 Å². The molecule has 9 heteroatoms. The smallest absolute Gasteiger partial charge is 0.259 e. The second-order valence-corrected chi connectivity index (χ2v) is 7.73. The van der Waals surface area contributed by atoms with Crippen LogP contribution in [0.15, 0.2) is 64.8 Å². The van der Waals surface area contributed by atoms with Gasteiger partial charge in [0.05, 0.1) is 18.4 Å². The van der Waals surface area contributed by atoms with Gasteiger partial charge < -0.3 is 15.2 Å². The van der Waals surface area contributed by atoms with E-state index in [1.54, 1.807) is 56.5 Å². The Kier molecular flexibility index (Phi) is 5.79. The summed E-state index contributed by atoms with van der Waals surface area (Å²) in [5, 5.41) is 32.7. The molecule has 8 nitrogen and oxygen atoms in total. The largest absolute Gasteiger partial charge is 0.505 e. The fourth-order valence-corrected chi connectivity index (χ4v) is 3.77. The predicted octanol–water partition coefficient (Wildman–Crippen LogP) is 5.86. The van der Waals surface area contributed by atoms with Crippen LogP contribution in [0.2, 0.25) is 0 Å². The minimum absolute atomic E-state index is 0.0569. The molecule has 3 aromatic carbocycles. The number of phenolic OH excluding ortho intramolecular Hbond substituents is 1. The summed E-state index contributed by atoms with van der Waals surface area (Å²) in [6, 6.07) is 17.7. The van der Waals surface area contributed by atoms with Gasteiger partial charge in [0.1, 0.15) is 22.4 Å². The van der Waals surface area contributed by atoms with Crippen molar-refractivity contribution < 1.29 is 14.6 Å². The Hall–Kier alpha value is -4.29. The molecule has 1 heterocycles. The van der Waals surface area contributed by atoms with E-state index in [1.165, 1.54) is 0 Å². The topological polar surface area (TPSA) is 120 Å². The molecule has 0 aliphatic heterocycles. The molecule has 4 rings (SSSR count). The van der Waals surface area contributed by atoms with Gasteiger partial charge in [-0.15, -0.1) is 10.2 Å². The van der Waals surface area contributed by atoms with Gasteiger partial charge in [-0.2, -0.15) is 5.26 Å². The molecule has 1 aromatic heterocycles. The molecule has 158 valence electrons. The molecule has 0 aliphatic rings. The van der Waals surface area contributed by atoms with E-state index in [2.05, 4.69) is 26.6 Å². The average Bonchev–Trinajstić information content (AvgIpc) is 3.18. The number of phenols is 1. The third kappa shape index (κ3) is 4.12. The zero-order valence-electron chi connectivity index (χ0n) is 17.2. The van der Waals surface area contributed by atoms with Gasteiger partial charge in [-0.05, 0) is 42.6 Å². The van der Waals surface area contributed by atoms with Crippen LogP contribution in [0.5, 0.6) is 11.5 Å². The van der Waals surface area contributed by atoms with Crippen molar-refractivity contribution >= 4 is 44.5 Å². The van der Waals surface area contributed by atoms with Gasteiger partial charge in [-0.3, -0.25) is 4.79 Å². The van der Waals surface area contributed by atoms with Gasteiger partial charge in [0.2, 0.25) is 5.13 Å². The van der Waals surface area contributed by atoms with E-state index in [9.17, 15) is 9.90 Å². The van der Waals surface area contributed by atoms with Gasteiger partial charge in [0, 0.05) is 11.1 Å². The highest BCUT2D eigenvalue weighted by Crippen LogP contribution is 2.40. The number of anilines is 1. The lowest BCUT2D eigenvalue weighted by Crippen LogP contribution is -2.12. The molecular weight excluding hydrogens is 426 g/mol. The number of aryl methyl sites for hydroxylation is 1. The van der Waals surface area contributed by atoms with Crippen LogP contribution in [0, 0.1) is 18.3 Å². The first-order valence-corrected chi connectivity index (χ1v) is 10.3. The van der Waals surface area contributed by atoms with Crippen LogP contribution in [-0.4, -0.2) is 23.1 Å². The number of azo groups is 1. The number of hydrogen-bond donors (Lipinski definition) is 2. The fourth-order valence-electron chi connectivity index (χ4n) is 3.09. The molecule has 0 spiro atoms. The quantitative estimate of drug-likeness (QED) is 0.374. The molecule has 1 amide bonds. The summed E-state index contributed by atoms with van der Waals surface area (Å²) in [5.41, 5.74) is 1.32. The summed E-state index contributed by atoms with van der Waals surface area (Å²) in [6.45, 7) is 1.71. The van der Waals surface area contributed by atoms with Crippen molar-refractivity contribution in [2.45, 2.75) is 6.92 Å². The van der Waals surface area contributed by atoms with Gasteiger partial charge in [-0.25, -0.2) is 4.98 Å². The highest BCUT2D eigenvalue weighted by molar-refractivity contribution is 7.15. The average molecular weight is 443 g/mol. The van der Waals surface area contributed by atoms with Gasteiger partial charge >= 0.3 is 0 Å². The van der Waals surface area contributed by atoms with Crippen LogP contribution in [0.1, 0.15) is 20.9 Å². The minimum atomic E-state index is -0.494. The fraction of sp³-hybridized carbons (Fsp3) is 0.0870. The number of aromatic hydroxyl groups is 1. The summed E-state index contributed by atoms with van der Waals surface area (Å²) in [7, 11) is 1.56. The normalized spacial score (nSPS) is 10.9. The monoisotopic (exact) mass is 443 g/mol. The van der Waals surface area contributed by atoms with Crippen molar-refractivity contribution in [3.8, 4) is 17.6 Å². The number of nitriles is 1. The minimum Gasteiger partial charge on any atom is -0.505 e. The number of amides is 1. The Balaban J connectivity index is 1.73. The summed E-state index contributed by atoms with van der Waals surface area (Å²) in [4.78, 5) is 17.6. The number of rotatable bonds is 5. The highest BCUT2D eigenvalue weighted by atomic mass is 32.1. The molecule has 0 radical (unpaired) electrons. The van der Waals surface area contributed by atoms with E-state index in [0.717, 1.165) is 11.3 Å². The number of thiazole rings is 1. The van der Waals surface area contributed by atoms with E-state index in [-0.39, 0.29) is 22.1 Å². The second kappa shape index (κ2) is 8.83. The zero-order chi connectivity index (χ0) is 22.7. The lowest BCUT2D eigenvalue weighted by Gasteiger charge is -2.11. The number of carbonyl (C=O) groups excluding carboxylic acids is 1. The summed E-state index contributed by atoms with van der Waals surface area (Å²) < 4.78 is 5.12. The summed E-state index contributed by atoms with van der Waals surface area (Å²) in [6.07, 6.45) is 0. The number of aromatic nitrogens is 1. The summed E-state index contributed by atoms with van der Waals surface area (Å²) in [5.74, 6) is -0.129. The van der Waals surface area contributed by atoms with Crippen molar-refractivity contribution in [3.05, 3.63) is 70.7 Å². The number of carbonyl (C=O) groups is 1. The number of fused-ring (bicyclic) bond motifs is 1. The van der Waals surface area contributed by atoms with Crippen LogP contribution in [0.3, 0.4) is 0 Å². The van der Waals surface area contributed by atoms with Crippen molar-refractivity contribution in [1.82, 2.24) is 4.98 Å². The SMILES string of the molecule is COc1ccc(NC(=O)c2cc3ccccc3c(N=Nc3nc(C)c(C#N)s3)c2O)cc1. The second-order valence-electron chi connectivity index (χ2n) is 6.75. The molecule has 0 saturated carbocycles. The molecule has 0 bridgehead atoms. The molecule has 0 fully saturated rings. The van der Waals surface area contributed by atoms with Crippen LogP contribution < -0.4 is 10.1 Å². The first kappa shape index (κ1) is 21.0. The molecular formula is C23H17N5O3S. The third-order valence-electron chi connectivity index (χ3n) is 4.71. The van der Waals surface area contributed by atoms with Crippen molar-refractivity contribution in [2.75, 3.05) is 12.4 Å². The van der Waals surface area contributed by atoms with Gasteiger partial charge in [0.25, 0.3) is 5.91 Å². The first-order valence-electron chi connectivity index (χ1n) is 9.49. The summed E-state index contributed by atoms with van der Waals surface area (Å²) >= 11 is 1.10. The lowest BCUT2D eigenvalue weighted by atomic mass is 10.0. The van der Waals surface area contributed by atoms with E-state index in [1.807, 2.05) is 12.1 Å². The number of benzene rings is 3. The van der Waals surface area contributed by atoms with Gasteiger partial charge in [0.15, 0.2) is 5.75 Å². The van der Waals surface area contributed by atoms with E-state index in [4.69, 9.17) is 10.00 Å². The maximum atomic E-state index is 12.9. The van der Waals surface area contributed by atoms with Crippen LogP contribution in [0.25, 0.3) is 10.8 Å². The lowest BCUT2D eigenvalue weighted by molar-refractivity contribution is 0.102. The van der Waals surface area contributed by atoms with E-state index in [0.29, 0.717) is 32.8 Å². The number of hydrogen-bond acceptors (Lipinski definition) is 8. The van der Waals surface area contributed by atoms with E-state index < -0.39 is 5.91 Å². The Morgan fingerprint density at radius 1 is 1.19 bits per heavy atom. The van der Waals surface area contributed by atoms with Gasteiger partial charge in [-0.1, -0.05) is 35.6 Å². The van der Waals surface area contributed by atoms with E-state index >= 15 is 0 Å². The Morgan fingerprint density at radius 3 is 2.62 bits per heavy atom.